The van der Waals surface area contributed by atoms with Gasteiger partial charge < -0.3 is 10.1 Å². The van der Waals surface area contributed by atoms with E-state index in [1.54, 1.807) is 0 Å². The SMILES string of the molecule is C[C@H](COc1ccccn1)[C@H]1CCC2C3CC[C@@H]4C[C@@H](N5CCNCC5)CC[C@]4(C)C3CC[C@@]21C. The summed E-state index contributed by atoms with van der Waals surface area (Å²) >= 11 is 0. The van der Waals surface area contributed by atoms with Crippen molar-refractivity contribution in [3.8, 4) is 5.88 Å². The third kappa shape index (κ3) is 4.25. The van der Waals surface area contributed by atoms with Gasteiger partial charge in [-0.05, 0) is 110 Å². The molecule has 35 heavy (non-hydrogen) atoms. The molecule has 0 aromatic carbocycles. The van der Waals surface area contributed by atoms with Gasteiger partial charge in [-0.2, -0.15) is 0 Å². The maximum Gasteiger partial charge on any atom is 0.213 e. The van der Waals surface area contributed by atoms with Crippen LogP contribution >= 0.6 is 0 Å². The second kappa shape index (κ2) is 9.63. The van der Waals surface area contributed by atoms with Crippen LogP contribution in [-0.2, 0) is 0 Å². The Hall–Kier alpha value is -1.13. The number of rotatable bonds is 5. The Morgan fingerprint density at radius 3 is 2.60 bits per heavy atom. The van der Waals surface area contributed by atoms with Crippen LogP contribution in [0.25, 0.3) is 0 Å². The van der Waals surface area contributed by atoms with Crippen LogP contribution in [0.2, 0.25) is 0 Å². The minimum atomic E-state index is 0.509. The summed E-state index contributed by atoms with van der Waals surface area (Å²) in [6.07, 6.45) is 15.0. The zero-order valence-electron chi connectivity index (χ0n) is 22.6. The molecule has 1 aromatic rings. The third-order valence-electron chi connectivity index (χ3n) is 12.2. The summed E-state index contributed by atoms with van der Waals surface area (Å²) in [4.78, 5) is 7.21. The van der Waals surface area contributed by atoms with Crippen molar-refractivity contribution in [3.63, 3.8) is 0 Å². The van der Waals surface area contributed by atoms with Gasteiger partial charge in [0.05, 0.1) is 6.61 Å². The van der Waals surface area contributed by atoms with Gasteiger partial charge in [-0.3, -0.25) is 4.90 Å². The van der Waals surface area contributed by atoms with Crippen LogP contribution in [0.3, 0.4) is 0 Å². The molecular weight excluding hydrogens is 430 g/mol. The van der Waals surface area contributed by atoms with E-state index in [9.17, 15) is 0 Å². The maximum absolute atomic E-state index is 6.14. The molecule has 4 nitrogen and oxygen atoms in total. The quantitative estimate of drug-likeness (QED) is 0.560. The number of aromatic nitrogens is 1. The molecule has 3 unspecified atom stereocenters. The van der Waals surface area contributed by atoms with Gasteiger partial charge in [-0.1, -0.05) is 26.8 Å². The number of pyridine rings is 1. The lowest BCUT2D eigenvalue weighted by molar-refractivity contribution is -0.125. The van der Waals surface area contributed by atoms with Crippen molar-refractivity contribution < 1.29 is 4.74 Å². The molecule has 5 aliphatic rings. The monoisotopic (exact) mass is 479 g/mol. The van der Waals surface area contributed by atoms with Gasteiger partial charge in [0.2, 0.25) is 5.88 Å². The van der Waals surface area contributed by atoms with Crippen LogP contribution < -0.4 is 10.1 Å². The molecule has 0 spiro atoms. The standard InChI is InChI=1S/C31H49N3O/c1-22(21-35-29-6-4-5-15-33-29)26-9-10-27-25-8-7-23-20-24(34-18-16-32-17-19-34)11-13-30(23,2)28(25)12-14-31(26,27)3/h4-6,15,22-28,32H,7-14,16-21H2,1-3H3/t22-,23-,24+,25?,26-,27?,28?,30+,31-/m1/s1. The first kappa shape index (κ1) is 24.2. The van der Waals surface area contributed by atoms with Crippen molar-refractivity contribution in [2.24, 2.45) is 46.3 Å². The summed E-state index contributed by atoms with van der Waals surface area (Å²) in [5, 5.41) is 3.55. The number of hydrogen-bond donors (Lipinski definition) is 1. The second-order valence-corrected chi connectivity index (χ2v) is 13.6. The smallest absolute Gasteiger partial charge is 0.213 e. The van der Waals surface area contributed by atoms with E-state index < -0.39 is 0 Å². The van der Waals surface area contributed by atoms with E-state index in [0.29, 0.717) is 16.7 Å². The predicted molar refractivity (Wildman–Crippen MR) is 142 cm³/mol. The normalized spacial score (nSPS) is 44.7. The molecule has 4 saturated carbocycles. The topological polar surface area (TPSA) is 37.4 Å². The lowest BCUT2D eigenvalue weighted by Crippen LogP contribution is -2.57. The van der Waals surface area contributed by atoms with Crippen molar-refractivity contribution in [2.75, 3.05) is 32.8 Å². The first-order valence-electron chi connectivity index (χ1n) is 15.0. The molecule has 2 heterocycles. The number of piperazine rings is 1. The highest BCUT2D eigenvalue weighted by molar-refractivity contribution is 5.11. The van der Waals surface area contributed by atoms with Crippen molar-refractivity contribution in [1.29, 1.82) is 0 Å². The van der Waals surface area contributed by atoms with Gasteiger partial charge in [0.15, 0.2) is 0 Å². The Morgan fingerprint density at radius 1 is 1.00 bits per heavy atom. The van der Waals surface area contributed by atoms with Crippen LogP contribution in [0.5, 0.6) is 5.88 Å². The zero-order valence-corrected chi connectivity index (χ0v) is 22.6. The summed E-state index contributed by atoms with van der Waals surface area (Å²) in [6.45, 7) is 13.6. The fourth-order valence-electron chi connectivity index (χ4n) is 10.4. The lowest BCUT2D eigenvalue weighted by Gasteiger charge is -2.62. The average Bonchev–Trinajstić information content (AvgIpc) is 3.25. The van der Waals surface area contributed by atoms with Crippen molar-refractivity contribution in [3.05, 3.63) is 24.4 Å². The predicted octanol–water partition coefficient (Wildman–Crippen LogP) is 6.03. The molecule has 6 rings (SSSR count). The number of ether oxygens (including phenoxy) is 1. The van der Waals surface area contributed by atoms with Crippen LogP contribution in [0.15, 0.2) is 24.4 Å². The number of hydrogen-bond acceptors (Lipinski definition) is 4. The Morgan fingerprint density at radius 2 is 1.80 bits per heavy atom. The average molecular weight is 480 g/mol. The van der Waals surface area contributed by atoms with Crippen LogP contribution in [0, 0.1) is 46.3 Å². The lowest BCUT2D eigenvalue weighted by atomic mass is 9.44. The van der Waals surface area contributed by atoms with E-state index in [-0.39, 0.29) is 0 Å². The van der Waals surface area contributed by atoms with Gasteiger partial charge in [0.25, 0.3) is 0 Å². The summed E-state index contributed by atoms with van der Waals surface area (Å²) in [6, 6.07) is 6.84. The van der Waals surface area contributed by atoms with E-state index in [0.717, 1.165) is 48.1 Å². The Balaban J connectivity index is 1.12. The molecule has 1 aliphatic heterocycles. The molecule has 4 aliphatic carbocycles. The summed E-state index contributed by atoms with van der Waals surface area (Å²) < 4.78 is 6.14. The summed E-state index contributed by atoms with van der Waals surface area (Å²) in [5.74, 6) is 6.03. The molecule has 0 bridgehead atoms. The molecule has 4 heteroatoms. The van der Waals surface area contributed by atoms with Crippen molar-refractivity contribution in [2.45, 2.75) is 84.6 Å². The highest BCUT2D eigenvalue weighted by Crippen LogP contribution is 2.68. The zero-order chi connectivity index (χ0) is 24.0. The molecule has 1 saturated heterocycles. The molecule has 1 N–H and O–H groups in total. The third-order valence-corrected chi connectivity index (χ3v) is 12.2. The van der Waals surface area contributed by atoms with Gasteiger partial charge in [-0.25, -0.2) is 4.98 Å². The summed E-state index contributed by atoms with van der Waals surface area (Å²) in [5.41, 5.74) is 1.11. The largest absolute Gasteiger partial charge is 0.477 e. The highest BCUT2D eigenvalue weighted by Gasteiger charge is 2.60. The molecular formula is C31H49N3O. The fourth-order valence-corrected chi connectivity index (χ4v) is 10.4. The van der Waals surface area contributed by atoms with E-state index >= 15 is 0 Å². The number of nitrogens with one attached hydrogen (secondary N) is 1. The van der Waals surface area contributed by atoms with E-state index in [1.807, 2.05) is 24.4 Å². The van der Waals surface area contributed by atoms with Crippen LogP contribution in [-0.4, -0.2) is 48.7 Å². The molecule has 0 amide bonds. The highest BCUT2D eigenvalue weighted by atomic mass is 16.5. The molecule has 5 fully saturated rings. The maximum atomic E-state index is 6.14. The molecule has 9 atom stereocenters. The van der Waals surface area contributed by atoms with Crippen LogP contribution in [0.4, 0.5) is 0 Å². The Bertz CT molecular complexity index is 856. The van der Waals surface area contributed by atoms with Gasteiger partial charge in [-0.15, -0.1) is 0 Å². The minimum Gasteiger partial charge on any atom is -0.477 e. The van der Waals surface area contributed by atoms with Gasteiger partial charge in [0.1, 0.15) is 0 Å². The van der Waals surface area contributed by atoms with Crippen molar-refractivity contribution >= 4 is 0 Å². The molecule has 194 valence electrons. The van der Waals surface area contributed by atoms with Crippen LogP contribution in [0.1, 0.15) is 78.6 Å². The van der Waals surface area contributed by atoms with E-state index in [4.69, 9.17) is 4.74 Å². The molecule has 0 radical (unpaired) electrons. The van der Waals surface area contributed by atoms with E-state index in [2.05, 4.69) is 36.0 Å². The minimum absolute atomic E-state index is 0.509. The molecule has 1 aromatic heterocycles. The van der Waals surface area contributed by atoms with E-state index in [1.165, 1.54) is 84.0 Å². The summed E-state index contributed by atoms with van der Waals surface area (Å²) in [7, 11) is 0. The number of fused-ring (bicyclic) bond motifs is 5. The number of nitrogens with zero attached hydrogens (tertiary/aromatic N) is 2. The first-order valence-corrected chi connectivity index (χ1v) is 15.0. The fraction of sp³-hybridized carbons (Fsp3) is 0.839. The second-order valence-electron chi connectivity index (χ2n) is 13.6. The van der Waals surface area contributed by atoms with Crippen molar-refractivity contribution in [1.82, 2.24) is 15.2 Å². The Kier molecular flexibility index (Phi) is 6.67. The van der Waals surface area contributed by atoms with Gasteiger partial charge >= 0.3 is 0 Å². The Labute approximate surface area is 214 Å². The van der Waals surface area contributed by atoms with Gasteiger partial charge in [0, 0.05) is 44.5 Å². The first-order chi connectivity index (χ1) is 17.0.